The number of fused-ring (bicyclic) bond motifs is 5. The van der Waals surface area contributed by atoms with Gasteiger partial charge in [-0.05, 0) is 86.9 Å². The van der Waals surface area contributed by atoms with Crippen LogP contribution in [0.1, 0.15) is 64.7 Å². The van der Waals surface area contributed by atoms with E-state index in [1.165, 1.54) is 63.4 Å². The predicted octanol–water partition coefficient (Wildman–Crippen LogP) is 5.65. The van der Waals surface area contributed by atoms with E-state index in [0.29, 0.717) is 11.3 Å². The SMILES string of the molecule is C=C1C=C2CCC3C(CCC4(CC)C(C#N)CCC34)C2CC1. The fourth-order valence-electron chi connectivity index (χ4n) is 6.97. The van der Waals surface area contributed by atoms with Crippen molar-refractivity contribution in [2.75, 3.05) is 0 Å². The van der Waals surface area contributed by atoms with Gasteiger partial charge in [0.1, 0.15) is 0 Å². The third-order valence-electron chi connectivity index (χ3n) is 7.95. The molecule has 0 heterocycles. The molecule has 0 bridgehead atoms. The molecule has 0 spiro atoms. The van der Waals surface area contributed by atoms with Gasteiger partial charge in [-0.25, -0.2) is 0 Å². The minimum absolute atomic E-state index is 0.339. The van der Waals surface area contributed by atoms with Gasteiger partial charge >= 0.3 is 0 Å². The number of allylic oxidation sites excluding steroid dienone is 3. The predicted molar refractivity (Wildman–Crippen MR) is 89.9 cm³/mol. The first kappa shape index (κ1) is 14.6. The van der Waals surface area contributed by atoms with Crippen LogP contribution in [-0.4, -0.2) is 0 Å². The van der Waals surface area contributed by atoms with Crippen LogP contribution in [0.5, 0.6) is 0 Å². The van der Waals surface area contributed by atoms with Crippen molar-refractivity contribution in [1.29, 1.82) is 5.26 Å². The minimum Gasteiger partial charge on any atom is -0.198 e. The fraction of sp³-hybridized carbons (Fsp3) is 0.762. The van der Waals surface area contributed by atoms with Crippen LogP contribution in [0.2, 0.25) is 0 Å². The molecule has 118 valence electrons. The van der Waals surface area contributed by atoms with Gasteiger partial charge in [-0.2, -0.15) is 5.26 Å². The lowest BCUT2D eigenvalue weighted by Crippen LogP contribution is -2.47. The van der Waals surface area contributed by atoms with E-state index in [1.807, 2.05) is 0 Å². The van der Waals surface area contributed by atoms with Crippen LogP contribution in [0.3, 0.4) is 0 Å². The molecule has 3 saturated carbocycles. The molecule has 4 aliphatic rings. The number of hydrogen-bond acceptors (Lipinski definition) is 1. The van der Waals surface area contributed by atoms with Crippen LogP contribution in [0, 0.1) is 46.3 Å². The molecular weight excluding hydrogens is 266 g/mol. The zero-order valence-electron chi connectivity index (χ0n) is 14.0. The minimum atomic E-state index is 0.339. The molecule has 4 rings (SSSR count). The first-order valence-corrected chi connectivity index (χ1v) is 9.47. The summed E-state index contributed by atoms with van der Waals surface area (Å²) in [6, 6.07) is 2.69. The van der Waals surface area contributed by atoms with Crippen LogP contribution in [0.25, 0.3) is 0 Å². The van der Waals surface area contributed by atoms with Gasteiger partial charge in [0.2, 0.25) is 0 Å². The van der Waals surface area contributed by atoms with Gasteiger partial charge in [0.05, 0.1) is 12.0 Å². The molecule has 22 heavy (non-hydrogen) atoms. The van der Waals surface area contributed by atoms with Gasteiger partial charge in [0.25, 0.3) is 0 Å². The maximum absolute atomic E-state index is 9.65. The normalized spacial score (nSPS) is 47.0. The van der Waals surface area contributed by atoms with E-state index in [0.717, 1.165) is 23.7 Å². The zero-order chi connectivity index (χ0) is 15.3. The molecule has 0 aromatic carbocycles. The number of nitriles is 1. The molecular formula is C21H29N. The monoisotopic (exact) mass is 295 g/mol. The molecule has 0 aromatic rings. The van der Waals surface area contributed by atoms with Crippen molar-refractivity contribution in [3.63, 3.8) is 0 Å². The van der Waals surface area contributed by atoms with E-state index in [-0.39, 0.29) is 0 Å². The Balaban J connectivity index is 1.64. The van der Waals surface area contributed by atoms with Gasteiger partial charge in [-0.3, -0.25) is 0 Å². The summed E-state index contributed by atoms with van der Waals surface area (Å²) in [6.07, 6.45) is 14.1. The Bertz CT molecular complexity index is 551. The molecule has 1 heteroatoms. The van der Waals surface area contributed by atoms with Crippen LogP contribution < -0.4 is 0 Å². The molecule has 1 nitrogen and oxygen atoms in total. The van der Waals surface area contributed by atoms with E-state index in [2.05, 4.69) is 25.6 Å². The summed E-state index contributed by atoms with van der Waals surface area (Å²) in [5, 5.41) is 9.65. The number of nitrogens with zero attached hydrogens (tertiary/aromatic N) is 1. The number of rotatable bonds is 1. The topological polar surface area (TPSA) is 23.8 Å². The highest BCUT2D eigenvalue weighted by Gasteiger charge is 2.57. The average molecular weight is 295 g/mol. The van der Waals surface area contributed by atoms with Crippen LogP contribution in [0.15, 0.2) is 23.8 Å². The molecule has 0 aliphatic heterocycles. The molecule has 6 unspecified atom stereocenters. The lowest BCUT2D eigenvalue weighted by Gasteiger charge is -2.54. The Labute approximate surface area is 135 Å². The zero-order valence-corrected chi connectivity index (χ0v) is 14.0. The highest BCUT2D eigenvalue weighted by molar-refractivity contribution is 5.29. The Kier molecular flexibility index (Phi) is 3.48. The second kappa shape index (κ2) is 5.26. The van der Waals surface area contributed by atoms with Crippen molar-refractivity contribution in [1.82, 2.24) is 0 Å². The van der Waals surface area contributed by atoms with Crippen LogP contribution in [0.4, 0.5) is 0 Å². The second-order valence-corrected chi connectivity index (χ2v) is 8.38. The summed E-state index contributed by atoms with van der Waals surface area (Å²) in [5.41, 5.74) is 3.44. The molecule has 0 aromatic heterocycles. The molecule has 0 N–H and O–H groups in total. The van der Waals surface area contributed by atoms with Crippen molar-refractivity contribution in [3.8, 4) is 6.07 Å². The first-order valence-electron chi connectivity index (χ1n) is 9.47. The van der Waals surface area contributed by atoms with E-state index in [9.17, 15) is 5.26 Å². The lowest BCUT2D eigenvalue weighted by molar-refractivity contribution is -0.0253. The highest BCUT2D eigenvalue weighted by Crippen LogP contribution is 2.64. The standard InChI is InChI=1S/C21H29N/c1-3-21-11-10-18-17-7-4-14(2)12-15(17)5-8-19(18)20(21)9-6-16(21)13-22/h12,16-20H,2-11H2,1H3. The highest BCUT2D eigenvalue weighted by atomic mass is 14.6. The Morgan fingerprint density at radius 3 is 2.82 bits per heavy atom. The summed E-state index contributed by atoms with van der Waals surface area (Å²) in [6.45, 7) is 6.54. The van der Waals surface area contributed by atoms with Gasteiger partial charge in [0, 0.05) is 0 Å². The van der Waals surface area contributed by atoms with Crippen molar-refractivity contribution >= 4 is 0 Å². The average Bonchev–Trinajstić information content (AvgIpc) is 2.93. The van der Waals surface area contributed by atoms with Crippen LogP contribution >= 0.6 is 0 Å². The molecule has 0 saturated heterocycles. The van der Waals surface area contributed by atoms with Crippen molar-refractivity contribution in [2.45, 2.75) is 64.7 Å². The van der Waals surface area contributed by atoms with Crippen molar-refractivity contribution in [2.24, 2.45) is 35.0 Å². The molecule has 3 fully saturated rings. The maximum atomic E-state index is 9.65. The quantitative estimate of drug-likeness (QED) is 0.613. The molecule has 0 radical (unpaired) electrons. The summed E-state index contributed by atoms with van der Waals surface area (Å²) in [4.78, 5) is 0. The van der Waals surface area contributed by atoms with Gasteiger partial charge in [-0.15, -0.1) is 0 Å². The number of hydrogen-bond donors (Lipinski definition) is 0. The summed E-state index contributed by atoms with van der Waals surface area (Å²) in [7, 11) is 0. The van der Waals surface area contributed by atoms with Gasteiger partial charge < -0.3 is 0 Å². The summed E-state index contributed by atoms with van der Waals surface area (Å²) >= 11 is 0. The van der Waals surface area contributed by atoms with E-state index >= 15 is 0 Å². The Hall–Kier alpha value is -1.03. The van der Waals surface area contributed by atoms with Crippen molar-refractivity contribution in [3.05, 3.63) is 23.8 Å². The second-order valence-electron chi connectivity index (χ2n) is 8.38. The largest absolute Gasteiger partial charge is 0.198 e. The smallest absolute Gasteiger partial charge is 0.0661 e. The first-order chi connectivity index (χ1) is 10.7. The van der Waals surface area contributed by atoms with E-state index < -0.39 is 0 Å². The Morgan fingerprint density at radius 2 is 2.05 bits per heavy atom. The molecule has 0 amide bonds. The fourth-order valence-corrected chi connectivity index (χ4v) is 6.97. The van der Waals surface area contributed by atoms with E-state index in [4.69, 9.17) is 0 Å². The van der Waals surface area contributed by atoms with E-state index in [1.54, 1.807) is 5.57 Å². The summed E-state index contributed by atoms with van der Waals surface area (Å²) in [5.74, 6) is 3.84. The van der Waals surface area contributed by atoms with Crippen LogP contribution in [-0.2, 0) is 0 Å². The maximum Gasteiger partial charge on any atom is 0.0661 e. The molecule has 4 aliphatic carbocycles. The van der Waals surface area contributed by atoms with Crippen molar-refractivity contribution < 1.29 is 0 Å². The van der Waals surface area contributed by atoms with Gasteiger partial charge in [-0.1, -0.05) is 30.7 Å². The molecule has 6 atom stereocenters. The third kappa shape index (κ3) is 1.89. The summed E-state index contributed by atoms with van der Waals surface area (Å²) < 4.78 is 0. The third-order valence-corrected chi connectivity index (χ3v) is 7.95. The van der Waals surface area contributed by atoms with Gasteiger partial charge in [0.15, 0.2) is 0 Å². The Morgan fingerprint density at radius 1 is 1.18 bits per heavy atom. The lowest BCUT2D eigenvalue weighted by atomic mass is 9.50.